The van der Waals surface area contributed by atoms with Crippen LogP contribution in [-0.4, -0.2) is 20.3 Å². The summed E-state index contributed by atoms with van der Waals surface area (Å²) >= 11 is 0. The molecule has 0 saturated carbocycles. The summed E-state index contributed by atoms with van der Waals surface area (Å²) in [4.78, 5) is 11.9. The third-order valence-corrected chi connectivity index (χ3v) is 3.25. The molecular formula is C17H16FN3O3. The number of amides is 2. The summed E-state index contributed by atoms with van der Waals surface area (Å²) < 4.78 is 23.4. The number of rotatable bonds is 5. The van der Waals surface area contributed by atoms with E-state index in [4.69, 9.17) is 14.7 Å². The second-order valence-electron chi connectivity index (χ2n) is 4.80. The van der Waals surface area contributed by atoms with E-state index in [1.165, 1.54) is 19.2 Å². The summed E-state index contributed by atoms with van der Waals surface area (Å²) in [6.07, 6.45) is 0. The number of nitriles is 1. The van der Waals surface area contributed by atoms with Crippen LogP contribution in [0.1, 0.15) is 11.1 Å². The number of methoxy groups -OCH3 is 2. The largest absolute Gasteiger partial charge is 0.493 e. The zero-order valence-corrected chi connectivity index (χ0v) is 13.2. The number of benzene rings is 2. The highest BCUT2D eigenvalue weighted by Gasteiger charge is 2.09. The number of nitrogens with one attached hydrogen (secondary N) is 2. The first-order valence-electron chi connectivity index (χ1n) is 7.02. The lowest BCUT2D eigenvalue weighted by atomic mass is 10.2. The Kier molecular flexibility index (Phi) is 5.58. The molecule has 0 heterocycles. The fourth-order valence-electron chi connectivity index (χ4n) is 2.06. The number of urea groups is 1. The van der Waals surface area contributed by atoms with Crippen molar-refractivity contribution in [3.05, 3.63) is 53.3 Å². The Morgan fingerprint density at radius 2 is 1.92 bits per heavy atom. The molecule has 0 atom stereocenters. The van der Waals surface area contributed by atoms with E-state index >= 15 is 0 Å². The SMILES string of the molecule is COc1ccc(CNC(=O)Nc2ccc(F)cc2C#N)cc1OC. The molecule has 124 valence electrons. The Hall–Kier alpha value is -3.27. The van der Waals surface area contributed by atoms with Crippen molar-refractivity contribution in [3.8, 4) is 17.6 Å². The fraction of sp³-hybridized carbons (Fsp3) is 0.176. The summed E-state index contributed by atoms with van der Waals surface area (Å²) in [6.45, 7) is 0.245. The molecule has 2 N–H and O–H groups in total. The van der Waals surface area contributed by atoms with Crippen molar-refractivity contribution in [2.75, 3.05) is 19.5 Å². The second-order valence-corrected chi connectivity index (χ2v) is 4.80. The average Bonchev–Trinajstić information content (AvgIpc) is 2.61. The first-order chi connectivity index (χ1) is 11.6. The normalized spacial score (nSPS) is 9.75. The first kappa shape index (κ1) is 17.1. The lowest BCUT2D eigenvalue weighted by molar-refractivity contribution is 0.251. The van der Waals surface area contributed by atoms with Gasteiger partial charge in [0, 0.05) is 6.54 Å². The van der Waals surface area contributed by atoms with Crippen LogP contribution < -0.4 is 20.1 Å². The molecule has 0 aliphatic carbocycles. The molecule has 7 heteroatoms. The number of hydrogen-bond acceptors (Lipinski definition) is 4. The first-order valence-corrected chi connectivity index (χ1v) is 7.02. The molecule has 2 rings (SSSR count). The maximum atomic E-state index is 13.1. The van der Waals surface area contributed by atoms with Gasteiger partial charge in [-0.3, -0.25) is 0 Å². The zero-order chi connectivity index (χ0) is 17.5. The summed E-state index contributed by atoms with van der Waals surface area (Å²) in [7, 11) is 3.07. The van der Waals surface area contributed by atoms with E-state index in [2.05, 4.69) is 10.6 Å². The molecule has 0 fully saturated rings. The van der Waals surface area contributed by atoms with Crippen LogP contribution in [0.3, 0.4) is 0 Å². The highest BCUT2D eigenvalue weighted by Crippen LogP contribution is 2.27. The van der Waals surface area contributed by atoms with Crippen molar-refractivity contribution in [1.82, 2.24) is 5.32 Å². The average molecular weight is 329 g/mol. The Balaban J connectivity index is 2.00. The van der Waals surface area contributed by atoms with Crippen molar-refractivity contribution in [3.63, 3.8) is 0 Å². The van der Waals surface area contributed by atoms with E-state index in [1.807, 2.05) is 6.07 Å². The number of carbonyl (C=O) groups is 1. The van der Waals surface area contributed by atoms with Crippen LogP contribution in [0.15, 0.2) is 36.4 Å². The Labute approximate surface area is 138 Å². The van der Waals surface area contributed by atoms with Crippen LogP contribution in [0, 0.1) is 17.1 Å². The minimum Gasteiger partial charge on any atom is -0.493 e. The van der Waals surface area contributed by atoms with E-state index in [0.29, 0.717) is 11.5 Å². The van der Waals surface area contributed by atoms with Gasteiger partial charge in [-0.15, -0.1) is 0 Å². The van der Waals surface area contributed by atoms with Crippen LogP contribution >= 0.6 is 0 Å². The van der Waals surface area contributed by atoms with Gasteiger partial charge in [-0.05, 0) is 35.9 Å². The van der Waals surface area contributed by atoms with Gasteiger partial charge in [0.1, 0.15) is 11.9 Å². The van der Waals surface area contributed by atoms with Gasteiger partial charge >= 0.3 is 6.03 Å². The molecule has 0 aliphatic heterocycles. The predicted molar refractivity (Wildman–Crippen MR) is 86.5 cm³/mol. The van der Waals surface area contributed by atoms with Crippen LogP contribution in [0.2, 0.25) is 0 Å². The molecular weight excluding hydrogens is 313 g/mol. The number of carbonyl (C=O) groups excluding carboxylic acids is 1. The van der Waals surface area contributed by atoms with E-state index in [0.717, 1.165) is 11.6 Å². The maximum absolute atomic E-state index is 13.1. The summed E-state index contributed by atoms with van der Waals surface area (Å²) in [5.74, 6) is 0.612. The van der Waals surface area contributed by atoms with Gasteiger partial charge in [-0.2, -0.15) is 5.26 Å². The zero-order valence-electron chi connectivity index (χ0n) is 13.2. The summed E-state index contributed by atoms with van der Waals surface area (Å²) in [6, 6.07) is 10.2. The molecule has 24 heavy (non-hydrogen) atoms. The third kappa shape index (κ3) is 4.14. The maximum Gasteiger partial charge on any atom is 0.319 e. The standard InChI is InChI=1S/C17H16FN3O3/c1-23-15-6-3-11(7-16(15)24-2)10-20-17(22)21-14-5-4-13(18)8-12(14)9-19/h3-8H,10H2,1-2H3,(H2,20,21,22). The molecule has 2 aromatic rings. The minimum absolute atomic E-state index is 0.0521. The van der Waals surface area contributed by atoms with Crippen molar-refractivity contribution >= 4 is 11.7 Å². The molecule has 6 nitrogen and oxygen atoms in total. The third-order valence-electron chi connectivity index (χ3n) is 3.25. The molecule has 0 bridgehead atoms. The number of hydrogen-bond donors (Lipinski definition) is 2. The van der Waals surface area contributed by atoms with Crippen molar-refractivity contribution in [1.29, 1.82) is 5.26 Å². The molecule has 2 aromatic carbocycles. The molecule has 0 unspecified atom stereocenters. The molecule has 0 saturated heterocycles. The Morgan fingerprint density at radius 3 is 2.58 bits per heavy atom. The molecule has 0 radical (unpaired) electrons. The van der Waals surface area contributed by atoms with Crippen LogP contribution in [0.4, 0.5) is 14.9 Å². The topological polar surface area (TPSA) is 83.4 Å². The van der Waals surface area contributed by atoms with Crippen LogP contribution in [0.25, 0.3) is 0 Å². The number of anilines is 1. The molecule has 0 spiro atoms. The lowest BCUT2D eigenvalue weighted by Crippen LogP contribution is -2.28. The smallest absolute Gasteiger partial charge is 0.319 e. The molecule has 0 aliphatic rings. The number of nitrogens with zero attached hydrogens (tertiary/aromatic N) is 1. The number of halogens is 1. The van der Waals surface area contributed by atoms with Gasteiger partial charge in [-0.1, -0.05) is 6.07 Å². The van der Waals surface area contributed by atoms with E-state index in [9.17, 15) is 9.18 Å². The van der Waals surface area contributed by atoms with E-state index in [-0.39, 0.29) is 17.8 Å². The van der Waals surface area contributed by atoms with E-state index < -0.39 is 11.8 Å². The summed E-state index contributed by atoms with van der Waals surface area (Å²) in [5, 5.41) is 14.1. The highest BCUT2D eigenvalue weighted by atomic mass is 19.1. The quantitative estimate of drug-likeness (QED) is 0.883. The van der Waals surface area contributed by atoms with Gasteiger partial charge in [-0.25, -0.2) is 9.18 Å². The second kappa shape index (κ2) is 7.83. The highest BCUT2D eigenvalue weighted by molar-refractivity contribution is 5.90. The van der Waals surface area contributed by atoms with Crippen molar-refractivity contribution < 1.29 is 18.7 Å². The van der Waals surface area contributed by atoms with Crippen molar-refractivity contribution in [2.24, 2.45) is 0 Å². The van der Waals surface area contributed by atoms with Gasteiger partial charge in [0.25, 0.3) is 0 Å². The van der Waals surface area contributed by atoms with E-state index in [1.54, 1.807) is 25.3 Å². The van der Waals surface area contributed by atoms with Crippen LogP contribution in [0.5, 0.6) is 11.5 Å². The van der Waals surface area contributed by atoms with Gasteiger partial charge in [0.2, 0.25) is 0 Å². The lowest BCUT2D eigenvalue weighted by Gasteiger charge is -2.11. The number of ether oxygens (including phenoxy) is 2. The predicted octanol–water partition coefficient (Wildman–Crippen LogP) is 3.04. The van der Waals surface area contributed by atoms with Crippen LogP contribution in [-0.2, 0) is 6.54 Å². The monoisotopic (exact) mass is 329 g/mol. The summed E-state index contributed by atoms with van der Waals surface area (Å²) in [5.41, 5.74) is 1.10. The van der Waals surface area contributed by atoms with Crippen molar-refractivity contribution in [2.45, 2.75) is 6.54 Å². The van der Waals surface area contributed by atoms with Gasteiger partial charge < -0.3 is 20.1 Å². The molecule has 0 aromatic heterocycles. The van der Waals surface area contributed by atoms with Gasteiger partial charge in [0.05, 0.1) is 25.5 Å². The fourth-order valence-corrected chi connectivity index (χ4v) is 2.06. The minimum atomic E-state index is -0.539. The Morgan fingerprint density at radius 1 is 1.17 bits per heavy atom. The van der Waals surface area contributed by atoms with Gasteiger partial charge in [0.15, 0.2) is 11.5 Å². The Bertz CT molecular complexity index is 787. The molecule has 2 amide bonds.